The van der Waals surface area contributed by atoms with Crippen molar-refractivity contribution >= 4 is 39.2 Å². The van der Waals surface area contributed by atoms with Gasteiger partial charge in [-0.15, -0.1) is 0 Å². The largest absolute Gasteiger partial charge is 0.520 e. The van der Waals surface area contributed by atoms with Gasteiger partial charge in [0.1, 0.15) is 0 Å². The van der Waals surface area contributed by atoms with Crippen molar-refractivity contribution < 1.29 is 22.5 Å². The Labute approximate surface area is 308 Å². The Hall–Kier alpha value is 0.218. The summed E-state index contributed by atoms with van der Waals surface area (Å²) in [4.78, 5) is 12.9. The molecule has 49 heavy (non-hydrogen) atoms. The predicted molar refractivity (Wildman–Crippen MR) is 217 cm³/mol. The molecule has 0 bridgehead atoms. The molecule has 0 saturated heterocycles. The lowest BCUT2D eigenvalue weighted by Gasteiger charge is -2.69. The molecule has 0 aromatic heterocycles. The summed E-state index contributed by atoms with van der Waals surface area (Å²) in [6, 6.07) is 4.44. The van der Waals surface area contributed by atoms with E-state index in [2.05, 4.69) is 101 Å². The van der Waals surface area contributed by atoms with Crippen LogP contribution >= 0.6 is 0 Å². The van der Waals surface area contributed by atoms with Gasteiger partial charge in [-0.3, -0.25) is 4.79 Å². The van der Waals surface area contributed by atoms with Crippen LogP contribution < -0.4 is 0 Å². The van der Waals surface area contributed by atoms with E-state index in [1.165, 1.54) is 38.5 Å². The summed E-state index contributed by atoms with van der Waals surface area (Å²) in [7, 11) is -7.35. The van der Waals surface area contributed by atoms with Crippen molar-refractivity contribution in [1.82, 2.24) is 0 Å². The van der Waals surface area contributed by atoms with E-state index in [9.17, 15) is 4.79 Å². The standard InChI is InChI=1S/C40H80O5Si4/c1-16-46(8,9)42-31-24-27-39(7)34-25-26-38(6)32(30(5)20-23-36(41)44-48(12,13)18-3)21-22-33(38)37(34)35(43-47(10,11)17-2)29-40(39,28-31)45-49(14,15)19-4/h30-35,37H,16-29H2,1-15H3/t30?,31-,32?,33?,34?,35-,37?,38?,39?,40-/m1/s1. The fourth-order valence-electron chi connectivity index (χ4n) is 11.2. The minimum Gasteiger partial charge on any atom is -0.520 e. The lowest BCUT2D eigenvalue weighted by Crippen LogP contribution is -2.70. The molecule has 4 rings (SSSR count). The van der Waals surface area contributed by atoms with Gasteiger partial charge in [-0.05, 0) is 162 Å². The fraction of sp³-hybridized carbons (Fsp3) is 0.975. The molecule has 4 fully saturated rings. The van der Waals surface area contributed by atoms with Crippen LogP contribution in [-0.4, -0.2) is 57.0 Å². The summed E-state index contributed by atoms with van der Waals surface area (Å²) in [5.74, 6) is 3.11. The topological polar surface area (TPSA) is 54.0 Å². The van der Waals surface area contributed by atoms with Crippen molar-refractivity contribution in [3.05, 3.63) is 0 Å². The van der Waals surface area contributed by atoms with E-state index >= 15 is 0 Å². The Bertz CT molecular complexity index is 1140. The van der Waals surface area contributed by atoms with E-state index in [0.717, 1.165) is 43.4 Å². The monoisotopic (exact) mass is 753 g/mol. The van der Waals surface area contributed by atoms with E-state index in [0.29, 0.717) is 47.5 Å². The van der Waals surface area contributed by atoms with Crippen molar-refractivity contribution in [1.29, 1.82) is 0 Å². The maximum Gasteiger partial charge on any atom is 0.292 e. The molecular formula is C40H80O5Si4. The van der Waals surface area contributed by atoms with E-state index in [1.807, 2.05) is 0 Å². The number of fused-ring (bicyclic) bond motifs is 5. The van der Waals surface area contributed by atoms with Gasteiger partial charge in [0.25, 0.3) is 5.97 Å². The van der Waals surface area contributed by atoms with Crippen LogP contribution in [0, 0.1) is 40.4 Å². The second-order valence-electron chi connectivity index (χ2n) is 20.3. The van der Waals surface area contributed by atoms with Crippen LogP contribution in [0.2, 0.25) is 76.6 Å². The molecule has 0 radical (unpaired) electrons. The average Bonchev–Trinajstić information content (AvgIpc) is 3.37. The van der Waals surface area contributed by atoms with E-state index in [-0.39, 0.29) is 23.1 Å². The third-order valence-electron chi connectivity index (χ3n) is 15.5. The summed E-state index contributed by atoms with van der Waals surface area (Å²) >= 11 is 0. The third kappa shape index (κ3) is 8.79. The molecule has 0 aromatic rings. The molecule has 0 N–H and O–H groups in total. The molecule has 286 valence electrons. The maximum atomic E-state index is 12.9. The van der Waals surface area contributed by atoms with Crippen LogP contribution in [0.5, 0.6) is 0 Å². The third-order valence-corrected chi connectivity index (χ3v) is 25.9. The molecule has 0 heterocycles. The first kappa shape index (κ1) is 42.0. The highest BCUT2D eigenvalue weighted by Crippen LogP contribution is 2.71. The number of rotatable bonds is 15. The summed E-state index contributed by atoms with van der Waals surface area (Å²) in [6.45, 7) is 36.0. The number of carbonyl (C=O) groups excluding carboxylic acids is 1. The second kappa shape index (κ2) is 15.2. The van der Waals surface area contributed by atoms with Gasteiger partial charge in [0.15, 0.2) is 25.0 Å². The molecule has 4 aliphatic carbocycles. The molecule has 9 heteroatoms. The minimum absolute atomic E-state index is 0.0358. The van der Waals surface area contributed by atoms with Crippen molar-refractivity contribution in [2.75, 3.05) is 0 Å². The van der Waals surface area contributed by atoms with Crippen LogP contribution in [0.1, 0.15) is 113 Å². The average molecular weight is 753 g/mol. The molecule has 7 unspecified atom stereocenters. The van der Waals surface area contributed by atoms with Crippen molar-refractivity contribution in [2.24, 2.45) is 40.4 Å². The molecule has 0 aromatic carbocycles. The van der Waals surface area contributed by atoms with Crippen LogP contribution in [0.4, 0.5) is 0 Å². The molecular weight excluding hydrogens is 673 g/mol. The lowest BCUT2D eigenvalue weighted by molar-refractivity contribution is -0.238. The van der Waals surface area contributed by atoms with Gasteiger partial charge in [-0.1, -0.05) is 48.5 Å². The first-order chi connectivity index (χ1) is 22.5. The van der Waals surface area contributed by atoms with Crippen molar-refractivity contribution in [3.63, 3.8) is 0 Å². The van der Waals surface area contributed by atoms with Gasteiger partial charge >= 0.3 is 0 Å². The highest BCUT2D eigenvalue weighted by molar-refractivity contribution is 6.72. The van der Waals surface area contributed by atoms with Crippen LogP contribution in [0.3, 0.4) is 0 Å². The van der Waals surface area contributed by atoms with Crippen molar-refractivity contribution in [2.45, 2.75) is 207 Å². The summed E-state index contributed by atoms with van der Waals surface area (Å²) < 4.78 is 28.5. The number of carbonyl (C=O) groups is 1. The van der Waals surface area contributed by atoms with Gasteiger partial charge in [-0.2, -0.15) is 0 Å². The molecule has 4 aliphatic rings. The summed E-state index contributed by atoms with van der Waals surface area (Å²) in [5.41, 5.74) is 0.253. The van der Waals surface area contributed by atoms with Crippen LogP contribution in [0.15, 0.2) is 0 Å². The zero-order chi connectivity index (χ0) is 36.8. The molecule has 0 spiro atoms. The van der Waals surface area contributed by atoms with Gasteiger partial charge in [0.2, 0.25) is 8.32 Å². The minimum atomic E-state index is -1.91. The zero-order valence-electron chi connectivity index (χ0n) is 35.0. The van der Waals surface area contributed by atoms with Crippen molar-refractivity contribution in [3.8, 4) is 0 Å². The van der Waals surface area contributed by atoms with Crippen LogP contribution in [-0.2, 0) is 22.5 Å². The molecule has 10 atom stereocenters. The SMILES string of the molecule is CC[Si](C)(C)OC(=O)CCC(C)C1CCC2C3C(CCC12C)C1(C)CC[C@@H](O[Si](C)(C)CC)C[C@@]1(O[Si](C)(C)CC)C[C@H]3O[Si](C)(C)CC. The van der Waals surface area contributed by atoms with E-state index in [4.69, 9.17) is 17.7 Å². The first-order valence-corrected chi connectivity index (χ1v) is 33.3. The van der Waals surface area contributed by atoms with Gasteiger partial charge in [0.05, 0.1) is 11.7 Å². The Morgan fingerprint density at radius 1 is 0.714 bits per heavy atom. The number of hydrogen-bond acceptors (Lipinski definition) is 5. The highest BCUT2D eigenvalue weighted by Gasteiger charge is 2.69. The lowest BCUT2D eigenvalue weighted by atomic mass is 9.42. The quantitative estimate of drug-likeness (QED) is 0.156. The smallest absolute Gasteiger partial charge is 0.292 e. The Kier molecular flexibility index (Phi) is 13.0. The Balaban J connectivity index is 1.69. The normalized spacial score (nSPS) is 37.6. The zero-order valence-corrected chi connectivity index (χ0v) is 39.0. The van der Waals surface area contributed by atoms with E-state index in [1.54, 1.807) is 0 Å². The molecule has 4 saturated carbocycles. The molecule has 0 amide bonds. The number of hydrogen-bond donors (Lipinski definition) is 0. The molecule has 0 aliphatic heterocycles. The maximum absolute atomic E-state index is 12.9. The van der Waals surface area contributed by atoms with Crippen LogP contribution in [0.25, 0.3) is 0 Å². The fourth-order valence-corrected chi connectivity index (χ4v) is 16.1. The van der Waals surface area contributed by atoms with E-state index < -0.39 is 33.3 Å². The summed E-state index contributed by atoms with van der Waals surface area (Å²) in [6.07, 6.45) is 11.7. The second-order valence-corrected chi connectivity index (χ2v) is 38.1. The Morgan fingerprint density at radius 2 is 1.31 bits per heavy atom. The molecule has 5 nitrogen and oxygen atoms in total. The van der Waals surface area contributed by atoms with Gasteiger partial charge < -0.3 is 17.7 Å². The van der Waals surface area contributed by atoms with Gasteiger partial charge in [0, 0.05) is 25.4 Å². The summed E-state index contributed by atoms with van der Waals surface area (Å²) in [5, 5.41) is 0. The highest BCUT2D eigenvalue weighted by atomic mass is 28.4. The first-order valence-electron chi connectivity index (χ1n) is 20.8. The predicted octanol–water partition coefficient (Wildman–Crippen LogP) is 12.0. The van der Waals surface area contributed by atoms with Gasteiger partial charge in [-0.25, -0.2) is 0 Å². The Morgan fingerprint density at radius 3 is 1.90 bits per heavy atom.